The van der Waals surface area contributed by atoms with Crippen LogP contribution in [0.1, 0.15) is 12.1 Å². The van der Waals surface area contributed by atoms with E-state index in [1.165, 1.54) is 0 Å². The third kappa shape index (κ3) is 3.99. The summed E-state index contributed by atoms with van der Waals surface area (Å²) in [5.74, 6) is 1.17. The van der Waals surface area contributed by atoms with E-state index in [2.05, 4.69) is 20.1 Å². The Bertz CT molecular complexity index is 904. The first-order valence-electron chi connectivity index (χ1n) is 9.11. The number of aromatic nitrogens is 4. The molecule has 8 heteroatoms. The molecule has 0 radical (unpaired) electrons. The van der Waals surface area contributed by atoms with Crippen molar-refractivity contribution in [3.63, 3.8) is 0 Å². The number of hydrogen-bond acceptors (Lipinski definition) is 6. The Morgan fingerprint density at radius 2 is 1.96 bits per heavy atom. The molecule has 4 rings (SSSR count). The number of nitrogens with zero attached hydrogens (tertiary/aromatic N) is 6. The van der Waals surface area contributed by atoms with E-state index in [-0.39, 0.29) is 12.5 Å². The number of carbonyl (C=O) groups excluding carboxylic acids is 1. The summed E-state index contributed by atoms with van der Waals surface area (Å²) in [6, 6.07) is 11.6. The van der Waals surface area contributed by atoms with Crippen LogP contribution in [0, 0.1) is 6.92 Å². The maximum Gasteiger partial charge on any atom is 0.266 e. The van der Waals surface area contributed by atoms with E-state index < -0.39 is 0 Å². The molecule has 0 atom stereocenters. The zero-order chi connectivity index (χ0) is 18.6. The molecule has 140 valence electrons. The lowest BCUT2D eigenvalue weighted by atomic mass is 10.2. The summed E-state index contributed by atoms with van der Waals surface area (Å²) in [6.45, 7) is 5.01. The first-order valence-corrected chi connectivity index (χ1v) is 9.11. The minimum atomic E-state index is 0.0815. The highest BCUT2D eigenvalue weighted by atomic mass is 16.5. The van der Waals surface area contributed by atoms with Gasteiger partial charge in [-0.2, -0.15) is 10.1 Å². The molecular weight excluding hydrogens is 344 g/mol. The molecule has 0 saturated carbocycles. The van der Waals surface area contributed by atoms with Crippen LogP contribution in [0.15, 0.2) is 47.1 Å². The number of rotatable bonds is 4. The van der Waals surface area contributed by atoms with Crippen LogP contribution < -0.4 is 4.90 Å². The zero-order valence-electron chi connectivity index (χ0n) is 15.3. The van der Waals surface area contributed by atoms with Gasteiger partial charge in [0.15, 0.2) is 0 Å². The van der Waals surface area contributed by atoms with Crippen LogP contribution in [0.2, 0.25) is 0 Å². The van der Waals surface area contributed by atoms with Crippen molar-refractivity contribution in [3.05, 3.63) is 48.3 Å². The lowest BCUT2D eigenvalue weighted by Gasteiger charge is -2.21. The Kier molecular flexibility index (Phi) is 4.86. The van der Waals surface area contributed by atoms with Gasteiger partial charge in [-0.25, -0.2) is 0 Å². The fourth-order valence-electron chi connectivity index (χ4n) is 3.20. The van der Waals surface area contributed by atoms with Crippen molar-refractivity contribution in [2.45, 2.75) is 19.9 Å². The molecule has 1 fully saturated rings. The summed E-state index contributed by atoms with van der Waals surface area (Å²) >= 11 is 0. The number of benzene rings is 1. The predicted octanol–water partition coefficient (Wildman–Crippen LogP) is 1.98. The number of aryl methyl sites for hydroxylation is 1. The van der Waals surface area contributed by atoms with Crippen LogP contribution in [-0.2, 0) is 11.3 Å². The van der Waals surface area contributed by atoms with Gasteiger partial charge in [0.05, 0.1) is 5.69 Å². The largest absolute Gasteiger partial charge is 0.339 e. The summed E-state index contributed by atoms with van der Waals surface area (Å²) in [7, 11) is 0. The van der Waals surface area contributed by atoms with E-state index in [0.717, 1.165) is 30.8 Å². The number of hydrogen-bond donors (Lipinski definition) is 0. The first kappa shape index (κ1) is 17.3. The fourth-order valence-corrected chi connectivity index (χ4v) is 3.20. The predicted molar refractivity (Wildman–Crippen MR) is 100 cm³/mol. The monoisotopic (exact) mass is 366 g/mol. The molecule has 2 aromatic heterocycles. The van der Waals surface area contributed by atoms with Crippen LogP contribution in [0.3, 0.4) is 0 Å². The van der Waals surface area contributed by atoms with Gasteiger partial charge in [-0.3, -0.25) is 9.48 Å². The van der Waals surface area contributed by atoms with Gasteiger partial charge in [-0.05, 0) is 36.7 Å². The van der Waals surface area contributed by atoms with Gasteiger partial charge >= 0.3 is 0 Å². The second-order valence-corrected chi connectivity index (χ2v) is 6.64. The highest BCUT2D eigenvalue weighted by molar-refractivity contribution is 5.76. The van der Waals surface area contributed by atoms with E-state index in [0.29, 0.717) is 24.9 Å². The Labute approximate surface area is 157 Å². The van der Waals surface area contributed by atoms with Crippen molar-refractivity contribution in [1.82, 2.24) is 24.8 Å². The Hall–Kier alpha value is -3.16. The Morgan fingerprint density at radius 1 is 1.11 bits per heavy atom. The van der Waals surface area contributed by atoms with Gasteiger partial charge in [-0.15, -0.1) is 0 Å². The fraction of sp³-hybridized carbons (Fsp3) is 0.368. The number of carbonyl (C=O) groups is 1. The smallest absolute Gasteiger partial charge is 0.266 e. The van der Waals surface area contributed by atoms with Crippen LogP contribution in [0.4, 0.5) is 5.95 Å². The molecular formula is C19H22N6O2. The quantitative estimate of drug-likeness (QED) is 0.702. The average molecular weight is 366 g/mol. The maximum atomic E-state index is 12.6. The lowest BCUT2D eigenvalue weighted by molar-refractivity contribution is -0.131. The van der Waals surface area contributed by atoms with Gasteiger partial charge in [0.2, 0.25) is 5.91 Å². The highest BCUT2D eigenvalue weighted by Crippen LogP contribution is 2.20. The average Bonchev–Trinajstić information content (AvgIpc) is 3.25. The van der Waals surface area contributed by atoms with Crippen LogP contribution in [-0.4, -0.2) is 56.9 Å². The number of amides is 1. The minimum Gasteiger partial charge on any atom is -0.339 e. The molecule has 1 aliphatic heterocycles. The minimum absolute atomic E-state index is 0.0815. The molecule has 0 spiro atoms. The molecule has 1 saturated heterocycles. The molecule has 0 unspecified atom stereocenters. The van der Waals surface area contributed by atoms with Crippen molar-refractivity contribution in [2.75, 3.05) is 31.1 Å². The molecule has 0 aliphatic carbocycles. The van der Waals surface area contributed by atoms with Gasteiger partial charge < -0.3 is 14.3 Å². The molecule has 1 aromatic carbocycles. The van der Waals surface area contributed by atoms with Crippen LogP contribution in [0.5, 0.6) is 0 Å². The zero-order valence-corrected chi connectivity index (χ0v) is 15.3. The summed E-state index contributed by atoms with van der Waals surface area (Å²) in [4.78, 5) is 21.0. The van der Waals surface area contributed by atoms with Crippen molar-refractivity contribution in [3.8, 4) is 11.5 Å². The van der Waals surface area contributed by atoms with Gasteiger partial charge in [0, 0.05) is 37.9 Å². The second kappa shape index (κ2) is 7.61. The van der Waals surface area contributed by atoms with Crippen molar-refractivity contribution < 1.29 is 9.32 Å². The molecule has 3 heterocycles. The third-order valence-corrected chi connectivity index (χ3v) is 4.64. The summed E-state index contributed by atoms with van der Waals surface area (Å²) in [5, 5.41) is 8.41. The van der Waals surface area contributed by atoms with E-state index in [1.54, 1.807) is 4.68 Å². The molecule has 27 heavy (non-hydrogen) atoms. The first-order chi connectivity index (χ1) is 13.2. The SMILES string of the molecule is Cc1ccn(CC(=O)N2CCCN(c3noc(-c4ccccc4)n3)CC2)n1. The van der Waals surface area contributed by atoms with E-state index in [4.69, 9.17) is 4.52 Å². The molecule has 8 nitrogen and oxygen atoms in total. The molecule has 0 N–H and O–H groups in total. The van der Waals surface area contributed by atoms with Gasteiger partial charge in [0.1, 0.15) is 6.54 Å². The number of anilines is 1. The van der Waals surface area contributed by atoms with Crippen LogP contribution in [0.25, 0.3) is 11.5 Å². The maximum absolute atomic E-state index is 12.6. The van der Waals surface area contributed by atoms with Crippen molar-refractivity contribution in [1.29, 1.82) is 0 Å². The topological polar surface area (TPSA) is 80.3 Å². The standard InChI is InChI=1S/C19H22N6O2/c1-15-8-11-25(21-15)14-17(26)23-9-5-10-24(13-12-23)19-20-18(27-22-19)16-6-3-2-4-7-16/h2-4,6-8,11H,5,9-10,12-14H2,1H3. The lowest BCUT2D eigenvalue weighted by Crippen LogP contribution is -2.37. The van der Waals surface area contributed by atoms with E-state index >= 15 is 0 Å². The summed E-state index contributed by atoms with van der Waals surface area (Å²) < 4.78 is 7.09. The van der Waals surface area contributed by atoms with Crippen molar-refractivity contribution >= 4 is 11.9 Å². The summed E-state index contributed by atoms with van der Waals surface area (Å²) in [5.41, 5.74) is 1.81. The summed E-state index contributed by atoms with van der Waals surface area (Å²) in [6.07, 6.45) is 2.70. The van der Waals surface area contributed by atoms with Gasteiger partial charge in [-0.1, -0.05) is 18.2 Å². The second-order valence-electron chi connectivity index (χ2n) is 6.64. The normalized spacial score (nSPS) is 15.0. The Balaban J connectivity index is 1.38. The highest BCUT2D eigenvalue weighted by Gasteiger charge is 2.22. The van der Waals surface area contributed by atoms with Crippen LogP contribution >= 0.6 is 0 Å². The Morgan fingerprint density at radius 3 is 2.74 bits per heavy atom. The van der Waals surface area contributed by atoms with Crippen molar-refractivity contribution in [2.24, 2.45) is 0 Å². The van der Waals surface area contributed by atoms with Gasteiger partial charge in [0.25, 0.3) is 11.8 Å². The molecule has 0 bridgehead atoms. The molecule has 3 aromatic rings. The van der Waals surface area contributed by atoms with E-state index in [9.17, 15) is 4.79 Å². The molecule has 1 aliphatic rings. The third-order valence-electron chi connectivity index (χ3n) is 4.64. The molecule has 1 amide bonds. The van der Waals surface area contributed by atoms with E-state index in [1.807, 2.05) is 54.4 Å².